The first kappa shape index (κ1) is 13.2. The first-order valence-electron chi connectivity index (χ1n) is 5.57. The van der Waals surface area contributed by atoms with Crippen molar-refractivity contribution in [3.8, 4) is 11.8 Å². The molecule has 17 heavy (non-hydrogen) atoms. The zero-order valence-electron chi connectivity index (χ0n) is 10.5. The smallest absolute Gasteiger partial charge is 0.237 e. The number of hydrogen-bond acceptors (Lipinski definition) is 3. The minimum Gasteiger partial charge on any atom is -0.497 e. The molecule has 0 radical (unpaired) electrons. The van der Waals surface area contributed by atoms with Crippen molar-refractivity contribution in [2.75, 3.05) is 7.11 Å². The number of nitriles is 1. The van der Waals surface area contributed by atoms with Crippen LogP contribution in [0, 0.1) is 16.7 Å². The Bertz CT molecular complexity index is 427. The highest BCUT2D eigenvalue weighted by Crippen LogP contribution is 2.24. The maximum absolute atomic E-state index is 11.4. The zero-order valence-corrected chi connectivity index (χ0v) is 10.5. The third kappa shape index (κ3) is 3.60. The number of benzene rings is 1. The number of ether oxygens (including phenoxy) is 1. The summed E-state index contributed by atoms with van der Waals surface area (Å²) in [5.41, 5.74) is 0.568. The molecule has 0 aliphatic carbocycles. The average molecular weight is 231 g/mol. The van der Waals surface area contributed by atoms with Crippen molar-refractivity contribution in [2.45, 2.75) is 26.7 Å². The summed E-state index contributed by atoms with van der Waals surface area (Å²) in [5.74, 6) is 0.465. The molecule has 0 aliphatic rings. The van der Waals surface area contributed by atoms with Crippen LogP contribution >= 0.6 is 0 Å². The Morgan fingerprint density at radius 2 is 1.94 bits per heavy atom. The summed E-state index contributed by atoms with van der Waals surface area (Å²) < 4.78 is 5.07. The van der Waals surface area contributed by atoms with Gasteiger partial charge in [-0.2, -0.15) is 5.26 Å². The fraction of sp³-hybridized carbons (Fsp3) is 0.429. The van der Waals surface area contributed by atoms with E-state index in [0.717, 1.165) is 17.7 Å². The summed E-state index contributed by atoms with van der Waals surface area (Å²) in [6.45, 7) is 3.62. The second-order valence-corrected chi connectivity index (χ2v) is 4.67. The van der Waals surface area contributed by atoms with Crippen LogP contribution in [0.4, 0.5) is 0 Å². The van der Waals surface area contributed by atoms with E-state index in [2.05, 4.69) is 0 Å². The summed E-state index contributed by atoms with van der Waals surface area (Å²) in [6.07, 6.45) is 1.45. The molecular formula is C14H17NO2. The normalized spacial score (nSPS) is 10.7. The summed E-state index contributed by atoms with van der Waals surface area (Å²) >= 11 is 0. The van der Waals surface area contributed by atoms with Gasteiger partial charge in [0.25, 0.3) is 0 Å². The van der Waals surface area contributed by atoms with Gasteiger partial charge in [-0.05, 0) is 30.5 Å². The molecule has 0 saturated heterocycles. The van der Waals surface area contributed by atoms with E-state index in [4.69, 9.17) is 10.00 Å². The molecule has 1 aromatic rings. The molecule has 0 unspecified atom stereocenters. The lowest BCUT2D eigenvalue weighted by atomic mass is 9.82. The summed E-state index contributed by atoms with van der Waals surface area (Å²) in [6, 6.07) is 9.45. The molecule has 3 nitrogen and oxygen atoms in total. The zero-order chi connectivity index (χ0) is 12.9. The molecule has 0 saturated carbocycles. The van der Waals surface area contributed by atoms with E-state index in [9.17, 15) is 4.79 Å². The number of aryl methyl sites for hydroxylation is 1. The van der Waals surface area contributed by atoms with Crippen LogP contribution in [0.1, 0.15) is 25.8 Å². The third-order valence-corrected chi connectivity index (χ3v) is 2.91. The van der Waals surface area contributed by atoms with Gasteiger partial charge in [-0.3, -0.25) is 4.79 Å². The van der Waals surface area contributed by atoms with Crippen molar-refractivity contribution in [1.29, 1.82) is 5.26 Å². The number of nitrogens with zero attached hydrogens (tertiary/aromatic N) is 1. The number of rotatable bonds is 5. The van der Waals surface area contributed by atoms with Crippen LogP contribution in [-0.2, 0) is 11.2 Å². The minimum absolute atomic E-state index is 0.356. The van der Waals surface area contributed by atoms with Crippen LogP contribution < -0.4 is 4.74 Å². The third-order valence-electron chi connectivity index (χ3n) is 2.91. The largest absolute Gasteiger partial charge is 0.497 e. The van der Waals surface area contributed by atoms with E-state index in [1.165, 1.54) is 0 Å². The lowest BCUT2D eigenvalue weighted by Crippen LogP contribution is -2.23. The Balaban J connectivity index is 2.61. The molecule has 0 N–H and O–H groups in total. The average Bonchev–Trinajstić information content (AvgIpc) is 2.36. The molecule has 0 spiro atoms. The number of hydrogen-bond donors (Lipinski definition) is 0. The molecule has 0 bridgehead atoms. The van der Waals surface area contributed by atoms with Crippen molar-refractivity contribution < 1.29 is 9.53 Å². The predicted molar refractivity (Wildman–Crippen MR) is 65.7 cm³/mol. The molecule has 1 aromatic carbocycles. The number of carbonyl (C=O) groups excluding carboxylic acids is 1. The van der Waals surface area contributed by atoms with Gasteiger partial charge in [0.15, 0.2) is 0 Å². The SMILES string of the molecule is COc1ccc(CCC(C)(C)C(=O)C#N)cc1. The van der Waals surface area contributed by atoms with Gasteiger partial charge in [-0.25, -0.2) is 0 Å². The second-order valence-electron chi connectivity index (χ2n) is 4.67. The minimum atomic E-state index is -0.575. The van der Waals surface area contributed by atoms with Gasteiger partial charge < -0.3 is 4.74 Å². The van der Waals surface area contributed by atoms with E-state index in [1.54, 1.807) is 13.2 Å². The highest BCUT2D eigenvalue weighted by Gasteiger charge is 2.26. The molecule has 1 rings (SSSR count). The Kier molecular flexibility index (Phi) is 4.28. The fourth-order valence-electron chi connectivity index (χ4n) is 1.51. The van der Waals surface area contributed by atoms with Gasteiger partial charge in [0, 0.05) is 5.41 Å². The van der Waals surface area contributed by atoms with Crippen LogP contribution in [-0.4, -0.2) is 12.9 Å². The Morgan fingerprint density at radius 3 is 2.41 bits per heavy atom. The molecule has 0 aliphatic heterocycles. The second kappa shape index (κ2) is 5.49. The number of carbonyl (C=O) groups is 1. The maximum Gasteiger partial charge on any atom is 0.237 e. The summed E-state index contributed by atoms with van der Waals surface area (Å²) in [5, 5.41) is 8.62. The van der Waals surface area contributed by atoms with Crippen LogP contribution in [0.2, 0.25) is 0 Å². The summed E-state index contributed by atoms with van der Waals surface area (Å²) in [4.78, 5) is 11.4. The topological polar surface area (TPSA) is 50.1 Å². The predicted octanol–water partition coefficient (Wildman–Crippen LogP) is 2.75. The molecule has 0 amide bonds. The molecule has 0 atom stereocenters. The monoisotopic (exact) mass is 231 g/mol. The molecule has 90 valence electrons. The van der Waals surface area contributed by atoms with E-state index in [0.29, 0.717) is 6.42 Å². The van der Waals surface area contributed by atoms with Crippen molar-refractivity contribution in [2.24, 2.45) is 5.41 Å². The van der Waals surface area contributed by atoms with Crippen molar-refractivity contribution in [3.63, 3.8) is 0 Å². The van der Waals surface area contributed by atoms with Gasteiger partial charge in [0.2, 0.25) is 5.78 Å². The van der Waals surface area contributed by atoms with Crippen LogP contribution in [0.25, 0.3) is 0 Å². The van der Waals surface area contributed by atoms with Crippen molar-refractivity contribution >= 4 is 5.78 Å². The molecule has 0 aromatic heterocycles. The lowest BCUT2D eigenvalue weighted by molar-refractivity contribution is -0.121. The molecular weight excluding hydrogens is 214 g/mol. The molecule has 0 fully saturated rings. The van der Waals surface area contributed by atoms with E-state index in [-0.39, 0.29) is 5.78 Å². The van der Waals surface area contributed by atoms with Gasteiger partial charge in [0.05, 0.1) is 7.11 Å². The van der Waals surface area contributed by atoms with Gasteiger partial charge in [-0.1, -0.05) is 26.0 Å². The Labute approximate surface area is 102 Å². The number of Topliss-reactive ketones (excluding diaryl/α,β-unsaturated/α-hetero) is 1. The fourth-order valence-corrected chi connectivity index (χ4v) is 1.51. The quantitative estimate of drug-likeness (QED) is 0.732. The van der Waals surface area contributed by atoms with Gasteiger partial charge in [-0.15, -0.1) is 0 Å². The highest BCUT2D eigenvalue weighted by atomic mass is 16.5. The van der Waals surface area contributed by atoms with Gasteiger partial charge >= 0.3 is 0 Å². The number of methoxy groups -OCH3 is 1. The summed E-state index contributed by atoms with van der Waals surface area (Å²) in [7, 11) is 1.63. The highest BCUT2D eigenvalue weighted by molar-refractivity contribution is 5.97. The molecule has 3 heteroatoms. The van der Waals surface area contributed by atoms with E-state index in [1.807, 2.05) is 38.1 Å². The van der Waals surface area contributed by atoms with Crippen LogP contribution in [0.3, 0.4) is 0 Å². The van der Waals surface area contributed by atoms with Crippen LogP contribution in [0.5, 0.6) is 5.75 Å². The Hall–Kier alpha value is -1.82. The van der Waals surface area contributed by atoms with Crippen molar-refractivity contribution in [1.82, 2.24) is 0 Å². The van der Waals surface area contributed by atoms with E-state index < -0.39 is 5.41 Å². The van der Waals surface area contributed by atoms with Gasteiger partial charge in [0.1, 0.15) is 11.8 Å². The Morgan fingerprint density at radius 1 is 1.35 bits per heavy atom. The molecule has 0 heterocycles. The first-order valence-corrected chi connectivity index (χ1v) is 5.57. The number of ketones is 1. The lowest BCUT2D eigenvalue weighted by Gasteiger charge is -2.18. The van der Waals surface area contributed by atoms with Crippen LogP contribution in [0.15, 0.2) is 24.3 Å². The van der Waals surface area contributed by atoms with Crippen molar-refractivity contribution in [3.05, 3.63) is 29.8 Å². The first-order chi connectivity index (χ1) is 7.99. The standard InChI is InChI=1S/C14H17NO2/c1-14(2,13(16)10-15)9-8-11-4-6-12(17-3)7-5-11/h4-7H,8-9H2,1-3H3. The maximum atomic E-state index is 11.4. The van der Waals surface area contributed by atoms with E-state index >= 15 is 0 Å².